The summed E-state index contributed by atoms with van der Waals surface area (Å²) in [4.78, 5) is 23.9. The van der Waals surface area contributed by atoms with Gasteiger partial charge in [-0.25, -0.2) is 4.39 Å². The number of hydrogen-bond acceptors (Lipinski definition) is 4. The number of carboxylic acids is 1. The van der Waals surface area contributed by atoms with Crippen LogP contribution in [0, 0.1) is 5.82 Å². The highest BCUT2D eigenvalue weighted by molar-refractivity contribution is 6.01. The number of halogens is 1. The van der Waals surface area contributed by atoms with Gasteiger partial charge in [0.05, 0.1) is 26.3 Å². The Balaban J connectivity index is 1.96. The van der Waals surface area contributed by atoms with Crippen LogP contribution >= 0.6 is 0 Å². The third-order valence-electron chi connectivity index (χ3n) is 4.56. The van der Waals surface area contributed by atoms with Crippen LogP contribution in [0.1, 0.15) is 22.5 Å². The molecule has 0 aliphatic heterocycles. The smallest absolute Gasteiger partial charge is 0.303 e. The maximum absolute atomic E-state index is 13.3. The maximum Gasteiger partial charge on any atom is 0.303 e. The van der Waals surface area contributed by atoms with E-state index in [1.54, 1.807) is 42.5 Å². The largest absolute Gasteiger partial charge is 0.493 e. The molecule has 0 spiro atoms. The Hall–Kier alpha value is -3.81. The number of nitrogens with one attached hydrogen (secondary N) is 1. The number of aliphatic carboxylic acids is 1. The number of hydrogen-bond donors (Lipinski definition) is 2. The Labute approximate surface area is 172 Å². The van der Waals surface area contributed by atoms with Crippen molar-refractivity contribution in [3.8, 4) is 22.8 Å². The van der Waals surface area contributed by atoms with Gasteiger partial charge >= 0.3 is 5.97 Å². The van der Waals surface area contributed by atoms with Gasteiger partial charge in [-0.15, -0.1) is 0 Å². The SMILES string of the molecule is COc1ccc(C(=O)Nn2c(CCC(=O)O)ccc2-c2ccc(F)cc2)cc1OC. The van der Waals surface area contributed by atoms with E-state index in [0.717, 1.165) is 0 Å². The highest BCUT2D eigenvalue weighted by atomic mass is 19.1. The molecule has 7 nitrogen and oxygen atoms in total. The average molecular weight is 412 g/mol. The van der Waals surface area contributed by atoms with Crippen LogP contribution in [0.15, 0.2) is 54.6 Å². The lowest BCUT2D eigenvalue weighted by Gasteiger charge is -2.16. The second-order valence-electron chi connectivity index (χ2n) is 6.46. The zero-order chi connectivity index (χ0) is 21.7. The monoisotopic (exact) mass is 412 g/mol. The highest BCUT2D eigenvalue weighted by Gasteiger charge is 2.16. The van der Waals surface area contributed by atoms with Gasteiger partial charge in [-0.1, -0.05) is 0 Å². The quantitative estimate of drug-likeness (QED) is 0.589. The van der Waals surface area contributed by atoms with Gasteiger partial charge in [0.2, 0.25) is 0 Å². The first kappa shape index (κ1) is 20.9. The van der Waals surface area contributed by atoms with Crippen LogP contribution in [0.25, 0.3) is 11.3 Å². The van der Waals surface area contributed by atoms with Crippen LogP contribution in [0.3, 0.4) is 0 Å². The van der Waals surface area contributed by atoms with E-state index in [2.05, 4.69) is 5.43 Å². The lowest BCUT2D eigenvalue weighted by Crippen LogP contribution is -2.25. The predicted molar refractivity (Wildman–Crippen MR) is 109 cm³/mol. The van der Waals surface area contributed by atoms with Crippen LogP contribution in [0.4, 0.5) is 4.39 Å². The van der Waals surface area contributed by atoms with Crippen LogP contribution in [0.5, 0.6) is 11.5 Å². The van der Waals surface area contributed by atoms with E-state index in [1.165, 1.54) is 31.0 Å². The van der Waals surface area contributed by atoms with Gasteiger partial charge in [0, 0.05) is 23.2 Å². The number of aromatic nitrogens is 1. The minimum Gasteiger partial charge on any atom is -0.493 e. The fraction of sp³-hybridized carbons (Fsp3) is 0.182. The number of carbonyl (C=O) groups is 2. The molecule has 3 rings (SSSR count). The number of aryl methyl sites for hydroxylation is 1. The highest BCUT2D eigenvalue weighted by Crippen LogP contribution is 2.28. The summed E-state index contributed by atoms with van der Waals surface area (Å²) < 4.78 is 25.3. The predicted octanol–water partition coefficient (Wildman–Crippen LogP) is 3.71. The van der Waals surface area contributed by atoms with Crippen molar-refractivity contribution in [2.24, 2.45) is 0 Å². The summed E-state index contributed by atoms with van der Waals surface area (Å²) in [5, 5.41) is 9.02. The number of ether oxygens (including phenoxy) is 2. The van der Waals surface area contributed by atoms with Gasteiger partial charge < -0.3 is 14.6 Å². The average Bonchev–Trinajstić information content (AvgIpc) is 3.14. The number of carbonyl (C=O) groups excluding carboxylic acids is 1. The van der Waals surface area contributed by atoms with E-state index in [0.29, 0.717) is 34.0 Å². The molecule has 0 aliphatic carbocycles. The number of rotatable bonds is 8. The van der Waals surface area contributed by atoms with Gasteiger partial charge in [0.25, 0.3) is 5.91 Å². The second-order valence-corrected chi connectivity index (χ2v) is 6.46. The molecule has 0 fully saturated rings. The van der Waals surface area contributed by atoms with E-state index >= 15 is 0 Å². The fourth-order valence-corrected chi connectivity index (χ4v) is 3.03. The Morgan fingerprint density at radius 3 is 2.33 bits per heavy atom. The number of benzene rings is 2. The summed E-state index contributed by atoms with van der Waals surface area (Å²) in [6.45, 7) is 0. The Morgan fingerprint density at radius 1 is 1.00 bits per heavy atom. The molecule has 0 aliphatic rings. The third kappa shape index (κ3) is 4.60. The molecule has 2 N–H and O–H groups in total. The molecule has 1 heterocycles. The molecule has 0 saturated heterocycles. The van der Waals surface area contributed by atoms with E-state index in [1.807, 2.05) is 0 Å². The van der Waals surface area contributed by atoms with Crippen LogP contribution in [0.2, 0.25) is 0 Å². The van der Waals surface area contributed by atoms with Crippen molar-refractivity contribution >= 4 is 11.9 Å². The molecular formula is C22H21FN2O5. The van der Waals surface area contributed by atoms with Crippen molar-refractivity contribution in [3.05, 3.63) is 71.7 Å². The van der Waals surface area contributed by atoms with Crippen LogP contribution in [-0.4, -0.2) is 35.9 Å². The maximum atomic E-state index is 13.3. The van der Waals surface area contributed by atoms with Crippen molar-refractivity contribution in [2.75, 3.05) is 19.6 Å². The lowest BCUT2D eigenvalue weighted by molar-refractivity contribution is -0.136. The summed E-state index contributed by atoms with van der Waals surface area (Å²) in [6.07, 6.45) is 0.113. The molecular weight excluding hydrogens is 391 g/mol. The van der Waals surface area contributed by atoms with Crippen molar-refractivity contribution in [2.45, 2.75) is 12.8 Å². The topological polar surface area (TPSA) is 89.8 Å². The number of carboxylic acid groups (broad SMARTS) is 1. The standard InChI is InChI=1S/C22H21FN2O5/c1-29-19-11-5-15(13-20(19)30-2)22(28)24-25-17(9-12-21(26)27)8-10-18(25)14-3-6-16(23)7-4-14/h3-8,10-11,13H,9,12H2,1-2H3,(H,24,28)(H,26,27). The van der Waals surface area contributed by atoms with Gasteiger partial charge in [-0.05, 0) is 54.6 Å². The first-order chi connectivity index (χ1) is 14.4. The molecule has 0 atom stereocenters. The zero-order valence-electron chi connectivity index (χ0n) is 16.5. The number of nitrogens with zero attached hydrogens (tertiary/aromatic N) is 1. The van der Waals surface area contributed by atoms with Crippen molar-refractivity contribution in [1.29, 1.82) is 0 Å². The van der Waals surface area contributed by atoms with E-state index in [9.17, 15) is 14.0 Å². The Kier molecular flexibility index (Phi) is 6.36. The normalized spacial score (nSPS) is 10.5. The van der Waals surface area contributed by atoms with Gasteiger partial charge in [0.15, 0.2) is 11.5 Å². The summed E-state index contributed by atoms with van der Waals surface area (Å²) in [5.74, 6) is -0.853. The summed E-state index contributed by atoms with van der Waals surface area (Å²) >= 11 is 0. The fourth-order valence-electron chi connectivity index (χ4n) is 3.03. The first-order valence-corrected chi connectivity index (χ1v) is 9.14. The third-order valence-corrected chi connectivity index (χ3v) is 4.56. The molecule has 1 aromatic heterocycles. The Bertz CT molecular complexity index is 1060. The first-order valence-electron chi connectivity index (χ1n) is 9.14. The summed E-state index contributed by atoms with van der Waals surface area (Å²) in [5.41, 5.74) is 5.00. The van der Waals surface area contributed by atoms with E-state index < -0.39 is 11.9 Å². The summed E-state index contributed by atoms with van der Waals surface area (Å²) in [6, 6.07) is 14.1. The summed E-state index contributed by atoms with van der Waals surface area (Å²) in [7, 11) is 2.98. The van der Waals surface area contributed by atoms with Crippen molar-refractivity contribution in [1.82, 2.24) is 4.68 Å². The van der Waals surface area contributed by atoms with E-state index in [-0.39, 0.29) is 18.7 Å². The van der Waals surface area contributed by atoms with Gasteiger partial charge in [0.1, 0.15) is 5.82 Å². The van der Waals surface area contributed by atoms with Crippen molar-refractivity contribution in [3.63, 3.8) is 0 Å². The molecule has 30 heavy (non-hydrogen) atoms. The molecule has 1 amide bonds. The van der Waals surface area contributed by atoms with Gasteiger partial charge in [-0.2, -0.15) is 0 Å². The molecule has 0 radical (unpaired) electrons. The molecule has 2 aromatic carbocycles. The molecule has 0 bridgehead atoms. The minimum absolute atomic E-state index is 0.0981. The lowest BCUT2D eigenvalue weighted by atomic mass is 10.1. The van der Waals surface area contributed by atoms with Crippen LogP contribution < -0.4 is 14.9 Å². The van der Waals surface area contributed by atoms with Crippen LogP contribution in [-0.2, 0) is 11.2 Å². The molecule has 0 unspecified atom stereocenters. The molecule has 3 aromatic rings. The number of amides is 1. The molecule has 156 valence electrons. The van der Waals surface area contributed by atoms with Crippen molar-refractivity contribution < 1.29 is 28.6 Å². The zero-order valence-corrected chi connectivity index (χ0v) is 16.5. The minimum atomic E-state index is -0.947. The molecule has 8 heteroatoms. The molecule has 0 saturated carbocycles. The Morgan fingerprint density at radius 2 is 1.70 bits per heavy atom. The second kappa shape index (κ2) is 9.13. The van der Waals surface area contributed by atoms with E-state index in [4.69, 9.17) is 14.6 Å². The number of methoxy groups -OCH3 is 2. The van der Waals surface area contributed by atoms with Gasteiger partial charge in [-0.3, -0.25) is 19.7 Å².